The van der Waals surface area contributed by atoms with Crippen molar-refractivity contribution in [1.29, 1.82) is 0 Å². The van der Waals surface area contributed by atoms with Gasteiger partial charge in [0.15, 0.2) is 0 Å². The summed E-state index contributed by atoms with van der Waals surface area (Å²) in [5.41, 5.74) is 0.817. The minimum atomic E-state index is -0.210. The molecule has 0 radical (unpaired) electrons. The molecule has 0 saturated heterocycles. The predicted octanol–water partition coefficient (Wildman–Crippen LogP) is 2.81. The fraction of sp³-hybridized carbons (Fsp3) is 0.200. The van der Waals surface area contributed by atoms with Gasteiger partial charge in [-0.3, -0.25) is 0 Å². The highest BCUT2D eigenvalue weighted by molar-refractivity contribution is 5.42. The smallest absolute Gasteiger partial charge is 0.125 e. The summed E-state index contributed by atoms with van der Waals surface area (Å²) in [7, 11) is 0. The molecule has 12 heavy (non-hydrogen) atoms. The maximum atomic E-state index is 12.6. The van der Waals surface area contributed by atoms with Gasteiger partial charge in [-0.1, -0.05) is 12.1 Å². The first-order valence-electron chi connectivity index (χ1n) is 3.93. The van der Waals surface area contributed by atoms with Crippen molar-refractivity contribution in [3.8, 4) is 0 Å². The minimum absolute atomic E-state index is 0.210. The van der Waals surface area contributed by atoms with Crippen LogP contribution in [0.25, 0.3) is 0 Å². The molecule has 0 saturated carbocycles. The molecule has 64 valence electrons. The number of benzene rings is 1. The normalized spacial score (nSPS) is 9.42. The van der Waals surface area contributed by atoms with Crippen LogP contribution in [0.1, 0.15) is 6.42 Å². The zero-order chi connectivity index (χ0) is 8.81. The van der Waals surface area contributed by atoms with Crippen molar-refractivity contribution in [2.24, 2.45) is 0 Å². The Kier molecular flexibility index (Phi) is 3.33. The summed E-state index contributed by atoms with van der Waals surface area (Å²) in [4.78, 5) is 0. The van der Waals surface area contributed by atoms with E-state index < -0.39 is 0 Å². The Balaban J connectivity index is 2.46. The van der Waals surface area contributed by atoms with Crippen LogP contribution in [0.4, 0.5) is 10.1 Å². The molecular formula is C10H12FN. The number of halogens is 1. The lowest BCUT2D eigenvalue weighted by Crippen LogP contribution is -1.99. The number of anilines is 1. The van der Waals surface area contributed by atoms with Crippen LogP contribution in [0.15, 0.2) is 36.9 Å². The molecule has 0 heterocycles. The standard InChI is InChI=1S/C10H12FN/c1-2-3-7-12-10-6-4-5-9(11)8-10/h2,4-6,8,12H,1,3,7H2. The third kappa shape index (κ3) is 2.74. The van der Waals surface area contributed by atoms with Gasteiger partial charge in [-0.2, -0.15) is 0 Å². The molecule has 1 aromatic carbocycles. The molecule has 1 aromatic rings. The lowest BCUT2D eigenvalue weighted by atomic mass is 10.3. The third-order valence-electron chi connectivity index (χ3n) is 1.50. The zero-order valence-corrected chi connectivity index (χ0v) is 6.89. The summed E-state index contributed by atoms with van der Waals surface area (Å²) in [6.07, 6.45) is 2.71. The zero-order valence-electron chi connectivity index (χ0n) is 6.89. The van der Waals surface area contributed by atoms with Crippen molar-refractivity contribution in [3.63, 3.8) is 0 Å². The van der Waals surface area contributed by atoms with Crippen LogP contribution in [0, 0.1) is 5.82 Å². The first-order valence-corrected chi connectivity index (χ1v) is 3.93. The van der Waals surface area contributed by atoms with Crippen LogP contribution in [0.3, 0.4) is 0 Å². The van der Waals surface area contributed by atoms with E-state index in [-0.39, 0.29) is 5.82 Å². The lowest BCUT2D eigenvalue weighted by Gasteiger charge is -2.03. The quantitative estimate of drug-likeness (QED) is 0.534. The van der Waals surface area contributed by atoms with E-state index in [1.165, 1.54) is 12.1 Å². The summed E-state index contributed by atoms with van der Waals surface area (Å²) in [5.74, 6) is -0.210. The summed E-state index contributed by atoms with van der Waals surface area (Å²) >= 11 is 0. The Morgan fingerprint density at radius 1 is 1.50 bits per heavy atom. The summed E-state index contributed by atoms with van der Waals surface area (Å²) in [6.45, 7) is 4.39. The highest BCUT2D eigenvalue weighted by atomic mass is 19.1. The molecule has 0 unspecified atom stereocenters. The van der Waals surface area contributed by atoms with E-state index in [9.17, 15) is 4.39 Å². The number of hydrogen-bond donors (Lipinski definition) is 1. The van der Waals surface area contributed by atoms with Crippen molar-refractivity contribution in [2.75, 3.05) is 11.9 Å². The van der Waals surface area contributed by atoms with E-state index in [4.69, 9.17) is 0 Å². The molecule has 0 aromatic heterocycles. The van der Waals surface area contributed by atoms with Gasteiger partial charge >= 0.3 is 0 Å². The van der Waals surface area contributed by atoms with Crippen molar-refractivity contribution in [1.82, 2.24) is 0 Å². The van der Waals surface area contributed by atoms with Gasteiger partial charge in [-0.15, -0.1) is 6.58 Å². The van der Waals surface area contributed by atoms with Gasteiger partial charge in [0.25, 0.3) is 0 Å². The SMILES string of the molecule is C=CCCNc1cccc(F)c1. The van der Waals surface area contributed by atoms with Gasteiger partial charge in [-0.05, 0) is 24.6 Å². The van der Waals surface area contributed by atoms with Crippen LogP contribution >= 0.6 is 0 Å². The number of hydrogen-bond acceptors (Lipinski definition) is 1. The second kappa shape index (κ2) is 4.54. The third-order valence-corrected chi connectivity index (χ3v) is 1.50. The molecule has 0 aliphatic heterocycles. The largest absolute Gasteiger partial charge is 0.385 e. The maximum Gasteiger partial charge on any atom is 0.125 e. The highest BCUT2D eigenvalue weighted by Gasteiger charge is 1.91. The average Bonchev–Trinajstić information content (AvgIpc) is 2.05. The maximum absolute atomic E-state index is 12.6. The molecule has 1 N–H and O–H groups in total. The second-order valence-corrected chi connectivity index (χ2v) is 2.51. The van der Waals surface area contributed by atoms with Crippen LogP contribution < -0.4 is 5.32 Å². The Labute approximate surface area is 71.9 Å². The molecule has 0 spiro atoms. The molecule has 0 aliphatic carbocycles. The van der Waals surface area contributed by atoms with Gasteiger partial charge in [0, 0.05) is 12.2 Å². The highest BCUT2D eigenvalue weighted by Crippen LogP contribution is 2.08. The summed E-state index contributed by atoms with van der Waals surface area (Å²) in [5, 5.41) is 3.08. The second-order valence-electron chi connectivity index (χ2n) is 2.51. The molecule has 0 amide bonds. The van der Waals surface area contributed by atoms with Gasteiger partial charge in [-0.25, -0.2) is 4.39 Å². The van der Waals surface area contributed by atoms with Gasteiger partial charge in [0.2, 0.25) is 0 Å². The van der Waals surface area contributed by atoms with E-state index >= 15 is 0 Å². The summed E-state index contributed by atoms with van der Waals surface area (Å²) in [6, 6.07) is 6.43. The minimum Gasteiger partial charge on any atom is -0.385 e. The Morgan fingerprint density at radius 2 is 2.33 bits per heavy atom. The Bertz CT molecular complexity index is 258. The van der Waals surface area contributed by atoms with Crippen LogP contribution in [0.5, 0.6) is 0 Å². The van der Waals surface area contributed by atoms with E-state index in [0.29, 0.717) is 0 Å². The summed E-state index contributed by atoms with van der Waals surface area (Å²) < 4.78 is 12.6. The van der Waals surface area contributed by atoms with E-state index in [0.717, 1.165) is 18.7 Å². The molecule has 1 rings (SSSR count). The van der Waals surface area contributed by atoms with E-state index in [1.807, 2.05) is 12.1 Å². The predicted molar refractivity (Wildman–Crippen MR) is 49.7 cm³/mol. The topological polar surface area (TPSA) is 12.0 Å². The number of rotatable bonds is 4. The van der Waals surface area contributed by atoms with Crippen molar-refractivity contribution >= 4 is 5.69 Å². The fourth-order valence-corrected chi connectivity index (χ4v) is 0.917. The molecule has 0 fully saturated rings. The van der Waals surface area contributed by atoms with Gasteiger partial charge in [0.1, 0.15) is 5.82 Å². The number of nitrogens with one attached hydrogen (secondary N) is 1. The van der Waals surface area contributed by atoms with Crippen molar-refractivity contribution < 1.29 is 4.39 Å². The molecule has 0 bridgehead atoms. The first kappa shape index (κ1) is 8.78. The lowest BCUT2D eigenvalue weighted by molar-refractivity contribution is 0.628. The van der Waals surface area contributed by atoms with Crippen LogP contribution in [-0.2, 0) is 0 Å². The monoisotopic (exact) mass is 165 g/mol. The Morgan fingerprint density at radius 3 is 3.00 bits per heavy atom. The molecular weight excluding hydrogens is 153 g/mol. The van der Waals surface area contributed by atoms with Crippen LogP contribution in [0.2, 0.25) is 0 Å². The van der Waals surface area contributed by atoms with E-state index in [2.05, 4.69) is 11.9 Å². The fourth-order valence-electron chi connectivity index (χ4n) is 0.917. The van der Waals surface area contributed by atoms with E-state index in [1.54, 1.807) is 6.07 Å². The molecule has 0 atom stereocenters. The van der Waals surface area contributed by atoms with Crippen molar-refractivity contribution in [3.05, 3.63) is 42.7 Å². The molecule has 0 aliphatic rings. The molecule has 2 heteroatoms. The molecule has 1 nitrogen and oxygen atoms in total. The van der Waals surface area contributed by atoms with Crippen molar-refractivity contribution in [2.45, 2.75) is 6.42 Å². The average molecular weight is 165 g/mol. The van der Waals surface area contributed by atoms with Crippen LogP contribution in [-0.4, -0.2) is 6.54 Å². The van der Waals surface area contributed by atoms with Gasteiger partial charge in [0.05, 0.1) is 0 Å². The first-order chi connectivity index (χ1) is 5.83. The Hall–Kier alpha value is -1.31. The van der Waals surface area contributed by atoms with Gasteiger partial charge < -0.3 is 5.32 Å².